The predicted octanol–water partition coefficient (Wildman–Crippen LogP) is 2.80. The van der Waals surface area contributed by atoms with Crippen molar-refractivity contribution in [1.29, 1.82) is 0 Å². The molecular weight excluding hydrogens is 294 g/mol. The van der Waals surface area contributed by atoms with Crippen LogP contribution < -0.4 is 4.43 Å². The Bertz CT molecular complexity index is 822. The van der Waals surface area contributed by atoms with Crippen LogP contribution in [0.1, 0.15) is 5.82 Å². The molecule has 0 aliphatic carbocycles. The van der Waals surface area contributed by atoms with Crippen molar-refractivity contribution in [1.82, 2.24) is 19.9 Å². The Labute approximate surface area is 129 Å². The van der Waals surface area contributed by atoms with Gasteiger partial charge in [-0.1, -0.05) is 12.1 Å². The maximum Gasteiger partial charge on any atom is 0.274 e. The quantitative estimate of drug-likeness (QED) is 0.547. The van der Waals surface area contributed by atoms with Crippen molar-refractivity contribution in [2.75, 3.05) is 0 Å². The summed E-state index contributed by atoms with van der Waals surface area (Å²) in [4.78, 5) is 21.3. The van der Waals surface area contributed by atoms with Gasteiger partial charge in [0.2, 0.25) is 0 Å². The van der Waals surface area contributed by atoms with Gasteiger partial charge in [-0.15, -0.1) is 0 Å². The molecule has 7 heteroatoms. The van der Waals surface area contributed by atoms with Crippen LogP contribution in [0.5, 0.6) is 5.75 Å². The fourth-order valence-corrected chi connectivity index (χ4v) is 2.46. The first-order chi connectivity index (χ1) is 10.7. The topological polar surface area (TPSA) is 73.2 Å². The molecule has 0 spiro atoms. The molecule has 0 saturated carbocycles. The van der Waals surface area contributed by atoms with Crippen molar-refractivity contribution in [3.63, 3.8) is 0 Å². The largest absolute Gasteiger partial charge is 0.541 e. The van der Waals surface area contributed by atoms with Gasteiger partial charge < -0.3 is 4.43 Å². The van der Waals surface area contributed by atoms with Crippen LogP contribution in [0.2, 0.25) is 13.1 Å². The third kappa shape index (κ3) is 3.32. The number of aromatic nitrogens is 4. The highest BCUT2D eigenvalue weighted by molar-refractivity contribution is 6.49. The molecule has 0 aliphatic heterocycles. The molecule has 109 valence electrons. The van der Waals surface area contributed by atoms with Crippen LogP contribution in [-0.2, 0) is 0 Å². The first-order valence-electron chi connectivity index (χ1n) is 6.77. The maximum atomic E-state index is 5.83. The van der Waals surface area contributed by atoms with Crippen molar-refractivity contribution in [3.05, 3.63) is 48.7 Å². The van der Waals surface area contributed by atoms with E-state index in [-0.39, 0.29) is 0 Å². The summed E-state index contributed by atoms with van der Waals surface area (Å²) >= 11 is 0. The molecule has 0 unspecified atom stereocenters. The molecular formula is C15H14N5OSi. The fourth-order valence-electron chi connectivity index (χ4n) is 1.84. The summed E-state index contributed by atoms with van der Waals surface area (Å²) in [6.45, 7) is 4.16. The van der Waals surface area contributed by atoms with Gasteiger partial charge in [0.15, 0.2) is 11.5 Å². The summed E-state index contributed by atoms with van der Waals surface area (Å²) in [7, 11) is -0.843. The lowest BCUT2D eigenvalue weighted by Gasteiger charge is -2.10. The lowest BCUT2D eigenvalue weighted by Crippen LogP contribution is -2.11. The summed E-state index contributed by atoms with van der Waals surface area (Å²) in [6.07, 6.45) is 6.46. The molecule has 3 rings (SSSR count). The van der Waals surface area contributed by atoms with Gasteiger partial charge in [0.05, 0.1) is 12.4 Å². The standard InChI is InChI=1S/C15H14N5OSi/c1-22(2)21-13-6-4-3-5-11(13)18-10-14-19-9-12-15(20-14)17-8-7-16-12/h3-10H,1-2H3. The van der Waals surface area contributed by atoms with Crippen molar-refractivity contribution in [3.8, 4) is 5.75 Å². The van der Waals surface area contributed by atoms with Crippen molar-refractivity contribution in [2.24, 2.45) is 4.99 Å². The van der Waals surface area contributed by atoms with Gasteiger partial charge in [-0.25, -0.2) is 24.9 Å². The molecule has 0 bridgehead atoms. The van der Waals surface area contributed by atoms with E-state index >= 15 is 0 Å². The molecule has 6 nitrogen and oxygen atoms in total. The van der Waals surface area contributed by atoms with Gasteiger partial charge in [-0.05, 0) is 25.2 Å². The summed E-state index contributed by atoms with van der Waals surface area (Å²) in [5, 5.41) is 0. The van der Waals surface area contributed by atoms with E-state index in [1.54, 1.807) is 24.8 Å². The number of para-hydroxylation sites is 2. The summed E-state index contributed by atoms with van der Waals surface area (Å²) in [5.74, 6) is 1.26. The molecule has 1 aromatic carbocycles. The van der Waals surface area contributed by atoms with Gasteiger partial charge in [-0.2, -0.15) is 0 Å². The van der Waals surface area contributed by atoms with Gasteiger partial charge >= 0.3 is 0 Å². The minimum atomic E-state index is -0.843. The normalized spacial score (nSPS) is 11.4. The average Bonchev–Trinajstić information content (AvgIpc) is 2.53. The van der Waals surface area contributed by atoms with E-state index in [4.69, 9.17) is 4.43 Å². The SMILES string of the molecule is C[Si](C)Oc1ccccc1N=Cc1ncc2nccnc2n1. The molecule has 0 aliphatic rings. The zero-order valence-corrected chi connectivity index (χ0v) is 13.3. The Morgan fingerprint density at radius 2 is 1.91 bits per heavy atom. The second-order valence-corrected chi connectivity index (χ2v) is 6.75. The van der Waals surface area contributed by atoms with E-state index in [1.165, 1.54) is 0 Å². The zero-order valence-electron chi connectivity index (χ0n) is 12.3. The van der Waals surface area contributed by atoms with Crippen LogP contribution in [0.15, 0.2) is 47.8 Å². The van der Waals surface area contributed by atoms with E-state index < -0.39 is 9.04 Å². The second kappa shape index (κ2) is 6.40. The van der Waals surface area contributed by atoms with Crippen LogP contribution in [-0.4, -0.2) is 35.2 Å². The molecule has 2 aromatic heterocycles. The monoisotopic (exact) mass is 308 g/mol. The molecule has 22 heavy (non-hydrogen) atoms. The molecule has 0 atom stereocenters. The third-order valence-electron chi connectivity index (χ3n) is 2.74. The Morgan fingerprint density at radius 3 is 2.77 bits per heavy atom. The van der Waals surface area contributed by atoms with Crippen molar-refractivity contribution < 1.29 is 4.43 Å². The van der Waals surface area contributed by atoms with E-state index in [0.29, 0.717) is 17.0 Å². The van der Waals surface area contributed by atoms with Gasteiger partial charge in [0.1, 0.15) is 17.0 Å². The van der Waals surface area contributed by atoms with Gasteiger partial charge in [0.25, 0.3) is 9.04 Å². The van der Waals surface area contributed by atoms with Crippen LogP contribution in [0.3, 0.4) is 0 Å². The van der Waals surface area contributed by atoms with E-state index in [9.17, 15) is 0 Å². The number of aliphatic imine (C=N–C) groups is 1. The molecule has 0 amide bonds. The fraction of sp³-hybridized carbons (Fsp3) is 0.133. The lowest BCUT2D eigenvalue weighted by atomic mass is 10.3. The third-order valence-corrected chi connectivity index (χ3v) is 3.37. The smallest absolute Gasteiger partial charge is 0.274 e. The molecule has 1 radical (unpaired) electrons. The molecule has 3 aromatic rings. The molecule has 2 heterocycles. The second-order valence-electron chi connectivity index (χ2n) is 4.73. The van der Waals surface area contributed by atoms with Gasteiger partial charge in [-0.3, -0.25) is 0 Å². The highest BCUT2D eigenvalue weighted by atomic mass is 28.3. The number of hydrogen-bond donors (Lipinski definition) is 0. The zero-order chi connectivity index (χ0) is 15.4. The van der Waals surface area contributed by atoms with E-state index in [2.05, 4.69) is 38.0 Å². The summed E-state index contributed by atoms with van der Waals surface area (Å²) < 4.78 is 5.83. The first-order valence-corrected chi connectivity index (χ1v) is 9.18. The highest BCUT2D eigenvalue weighted by Crippen LogP contribution is 2.27. The Kier molecular flexibility index (Phi) is 4.15. The number of nitrogens with zero attached hydrogens (tertiary/aromatic N) is 5. The highest BCUT2D eigenvalue weighted by Gasteiger charge is 2.05. The molecule has 0 saturated heterocycles. The number of hydrogen-bond acceptors (Lipinski definition) is 6. The minimum Gasteiger partial charge on any atom is -0.541 e. The molecule has 0 N–H and O–H groups in total. The predicted molar refractivity (Wildman–Crippen MR) is 86.9 cm³/mol. The van der Waals surface area contributed by atoms with Crippen LogP contribution >= 0.6 is 0 Å². The first kappa shape index (κ1) is 14.3. The van der Waals surface area contributed by atoms with Crippen molar-refractivity contribution >= 4 is 32.1 Å². The average molecular weight is 308 g/mol. The lowest BCUT2D eigenvalue weighted by molar-refractivity contribution is 0.582. The number of fused-ring (bicyclic) bond motifs is 1. The number of benzene rings is 1. The van der Waals surface area contributed by atoms with Gasteiger partial charge in [0, 0.05) is 12.4 Å². The van der Waals surface area contributed by atoms with Crippen LogP contribution in [0.25, 0.3) is 11.2 Å². The van der Waals surface area contributed by atoms with E-state index in [1.807, 2.05) is 24.3 Å². The Hall–Kier alpha value is -2.67. The van der Waals surface area contributed by atoms with Crippen LogP contribution in [0.4, 0.5) is 5.69 Å². The molecule has 0 fully saturated rings. The summed E-state index contributed by atoms with van der Waals surface area (Å²) in [5.41, 5.74) is 1.97. The summed E-state index contributed by atoms with van der Waals surface area (Å²) in [6, 6.07) is 7.67. The van der Waals surface area contributed by atoms with Crippen LogP contribution in [0, 0.1) is 0 Å². The number of rotatable bonds is 4. The minimum absolute atomic E-state index is 0.487. The Balaban J connectivity index is 1.89. The Morgan fingerprint density at radius 1 is 1.09 bits per heavy atom. The maximum absolute atomic E-state index is 5.83. The van der Waals surface area contributed by atoms with E-state index in [0.717, 1.165) is 11.4 Å². The van der Waals surface area contributed by atoms with Crippen molar-refractivity contribution in [2.45, 2.75) is 13.1 Å².